The number of carbonyl (C=O) groups excluding carboxylic acids is 1. The third-order valence-corrected chi connectivity index (χ3v) is 6.81. The molecule has 0 saturated heterocycles. The van der Waals surface area contributed by atoms with Crippen molar-refractivity contribution >= 4 is 5.91 Å². The van der Waals surface area contributed by atoms with Gasteiger partial charge in [-0.2, -0.15) is 0 Å². The fourth-order valence-electron chi connectivity index (χ4n) is 4.66. The van der Waals surface area contributed by atoms with Gasteiger partial charge in [0, 0.05) is 50.0 Å². The van der Waals surface area contributed by atoms with Crippen LogP contribution in [0.5, 0.6) is 0 Å². The van der Waals surface area contributed by atoms with Crippen LogP contribution in [0.25, 0.3) is 0 Å². The molecule has 3 aromatic rings. The Bertz CT molecular complexity index is 1300. The van der Waals surface area contributed by atoms with E-state index in [1.807, 2.05) is 38.1 Å². The van der Waals surface area contributed by atoms with Crippen molar-refractivity contribution in [3.63, 3.8) is 0 Å². The summed E-state index contributed by atoms with van der Waals surface area (Å²) in [4.78, 5) is 16.8. The van der Waals surface area contributed by atoms with Crippen LogP contribution in [0.4, 0.5) is 8.78 Å². The molecular formula is C31H34F2N2OV. The maximum atomic E-state index is 13.3. The van der Waals surface area contributed by atoms with E-state index >= 15 is 0 Å². The summed E-state index contributed by atoms with van der Waals surface area (Å²) >= 11 is 0. The Morgan fingerprint density at radius 3 is 2.54 bits per heavy atom. The third-order valence-electron chi connectivity index (χ3n) is 6.81. The Labute approximate surface area is 231 Å². The minimum atomic E-state index is -0.662. The fourth-order valence-corrected chi connectivity index (χ4v) is 4.66. The summed E-state index contributed by atoms with van der Waals surface area (Å²) in [5.74, 6) is 0.257. The molecule has 1 saturated carbocycles. The van der Waals surface area contributed by atoms with Crippen LogP contribution in [0, 0.1) is 37.3 Å². The number of aromatic nitrogens is 1. The summed E-state index contributed by atoms with van der Waals surface area (Å²) in [7, 11) is 0. The molecule has 0 aliphatic heterocycles. The number of carbonyl (C=O) groups is 1. The van der Waals surface area contributed by atoms with E-state index in [-0.39, 0.29) is 32.4 Å². The van der Waals surface area contributed by atoms with E-state index in [1.54, 1.807) is 17.8 Å². The van der Waals surface area contributed by atoms with Crippen molar-refractivity contribution in [1.29, 1.82) is 0 Å². The maximum absolute atomic E-state index is 13.3. The van der Waals surface area contributed by atoms with E-state index in [2.05, 4.69) is 35.5 Å². The first-order chi connectivity index (χ1) is 17.3. The number of nitrogens with zero attached hydrogens (tertiary/aromatic N) is 1. The second-order valence-electron chi connectivity index (χ2n) is 9.65. The van der Waals surface area contributed by atoms with E-state index in [9.17, 15) is 13.6 Å². The van der Waals surface area contributed by atoms with Crippen molar-refractivity contribution < 1.29 is 33.6 Å². The molecule has 1 N–H and O–H groups in total. The van der Waals surface area contributed by atoms with E-state index in [0.717, 1.165) is 40.3 Å². The number of rotatable bonds is 5. The zero-order valence-electron chi connectivity index (χ0n) is 21.5. The van der Waals surface area contributed by atoms with Gasteiger partial charge in [-0.1, -0.05) is 35.9 Å². The molecule has 2 unspecified atom stereocenters. The molecule has 0 spiro atoms. The van der Waals surface area contributed by atoms with Gasteiger partial charge in [0.05, 0.1) is 0 Å². The summed E-state index contributed by atoms with van der Waals surface area (Å²) in [6.45, 7) is 6.16. The van der Waals surface area contributed by atoms with E-state index in [0.29, 0.717) is 17.5 Å². The molecule has 3 nitrogen and oxygen atoms in total. The van der Waals surface area contributed by atoms with Gasteiger partial charge in [-0.15, -0.1) is 0 Å². The predicted molar refractivity (Wildman–Crippen MR) is 142 cm³/mol. The number of benzene rings is 2. The van der Waals surface area contributed by atoms with Crippen LogP contribution in [0.2, 0.25) is 0 Å². The molecule has 0 bridgehead atoms. The first-order valence-electron chi connectivity index (χ1n) is 12.4. The molecule has 2 aliphatic rings. The number of allylic oxidation sites excluding steroid dienone is 4. The van der Waals surface area contributed by atoms with E-state index in [4.69, 9.17) is 0 Å². The number of hydrogen-bond donors (Lipinski definition) is 1. The van der Waals surface area contributed by atoms with Gasteiger partial charge in [0.15, 0.2) is 0 Å². The van der Waals surface area contributed by atoms with Crippen molar-refractivity contribution in [2.24, 2.45) is 11.8 Å². The van der Waals surface area contributed by atoms with E-state index in [1.165, 1.54) is 25.0 Å². The molecule has 1 fully saturated rings. The van der Waals surface area contributed by atoms with Crippen molar-refractivity contribution in [1.82, 2.24) is 10.3 Å². The van der Waals surface area contributed by atoms with Gasteiger partial charge >= 0.3 is 0 Å². The number of fused-ring (bicyclic) bond motifs is 1. The SMILES string of the molecule is CC1=CCC=CC2CC12.Cc1cc(Cc2cccc(C(=O)NCc3cc(F)cc(F)c3)c2C)ccn1.[HH].[V]. The van der Waals surface area contributed by atoms with Crippen LogP contribution in [-0.4, -0.2) is 10.9 Å². The molecule has 1 radical (unpaired) electrons. The Morgan fingerprint density at radius 2 is 1.81 bits per heavy atom. The topological polar surface area (TPSA) is 42.0 Å². The van der Waals surface area contributed by atoms with E-state index < -0.39 is 11.6 Å². The molecule has 5 rings (SSSR count). The van der Waals surface area contributed by atoms with Crippen molar-refractivity contribution in [2.75, 3.05) is 0 Å². The maximum Gasteiger partial charge on any atom is 0.251 e. The van der Waals surface area contributed by atoms with Gasteiger partial charge < -0.3 is 5.32 Å². The smallest absolute Gasteiger partial charge is 0.251 e. The third kappa shape index (κ3) is 7.98. The Balaban J connectivity index is 0.000000388. The molecule has 2 aromatic carbocycles. The van der Waals surface area contributed by atoms with Gasteiger partial charge in [-0.3, -0.25) is 9.78 Å². The summed E-state index contributed by atoms with van der Waals surface area (Å²) in [6.07, 6.45) is 12.1. The molecule has 2 aliphatic carbocycles. The average Bonchev–Trinajstić information content (AvgIpc) is 3.62. The molecule has 6 heteroatoms. The number of amides is 1. The molecule has 1 amide bonds. The van der Waals surface area contributed by atoms with Crippen LogP contribution in [0.15, 0.2) is 78.5 Å². The Kier molecular flexibility index (Phi) is 10.0. The minimum absolute atomic E-state index is 0. The zero-order valence-corrected chi connectivity index (χ0v) is 22.9. The summed E-state index contributed by atoms with van der Waals surface area (Å²) in [6, 6.07) is 12.8. The first-order valence-corrected chi connectivity index (χ1v) is 12.4. The Morgan fingerprint density at radius 1 is 1.05 bits per heavy atom. The molecule has 193 valence electrons. The van der Waals surface area contributed by atoms with Gasteiger partial charge in [0.1, 0.15) is 11.6 Å². The monoisotopic (exact) mass is 539 g/mol. The van der Waals surface area contributed by atoms with Crippen LogP contribution in [0.1, 0.15) is 59.5 Å². The van der Waals surface area contributed by atoms with Gasteiger partial charge in [0.2, 0.25) is 0 Å². The van der Waals surface area contributed by atoms with Crippen LogP contribution in [0.3, 0.4) is 0 Å². The minimum Gasteiger partial charge on any atom is -0.348 e. The summed E-state index contributed by atoms with van der Waals surface area (Å²) < 4.78 is 26.5. The molecule has 37 heavy (non-hydrogen) atoms. The molecular weight excluding hydrogens is 505 g/mol. The summed E-state index contributed by atoms with van der Waals surface area (Å²) in [5, 5.41) is 2.73. The Hall–Kier alpha value is -3.02. The number of hydrogen-bond acceptors (Lipinski definition) is 2. The number of aryl methyl sites for hydroxylation is 1. The summed E-state index contributed by atoms with van der Waals surface area (Å²) in [5.41, 5.74) is 6.54. The van der Waals surface area contributed by atoms with Crippen LogP contribution in [-0.2, 0) is 31.5 Å². The fraction of sp³-hybridized carbons (Fsp3) is 0.290. The number of halogens is 2. The molecule has 2 atom stereocenters. The number of nitrogens with one attached hydrogen (secondary N) is 1. The van der Waals surface area contributed by atoms with Crippen molar-refractivity contribution in [3.8, 4) is 0 Å². The average molecular weight is 540 g/mol. The quantitative estimate of drug-likeness (QED) is 0.347. The second-order valence-corrected chi connectivity index (χ2v) is 9.65. The van der Waals surface area contributed by atoms with Crippen LogP contribution < -0.4 is 5.32 Å². The number of pyridine rings is 1. The zero-order chi connectivity index (χ0) is 25.7. The van der Waals surface area contributed by atoms with Crippen molar-refractivity contribution in [2.45, 2.75) is 46.6 Å². The second kappa shape index (κ2) is 13.0. The predicted octanol–water partition coefficient (Wildman–Crippen LogP) is 7.27. The molecule has 1 aromatic heterocycles. The van der Waals surface area contributed by atoms with Gasteiger partial charge in [0.25, 0.3) is 5.91 Å². The van der Waals surface area contributed by atoms with Gasteiger partial charge in [-0.25, -0.2) is 8.78 Å². The normalized spacial score (nSPS) is 17.3. The first kappa shape index (κ1) is 28.6. The van der Waals surface area contributed by atoms with Crippen molar-refractivity contribution in [3.05, 3.63) is 124 Å². The molecule has 1 heterocycles. The standard InChI is InChI=1S/C22H20F2N2O.C9H12.V.H2/c1-14-8-16(6-7-25-14)9-18-4-3-5-21(15(18)2)22(27)26-13-17-10-19(23)12-20(24)11-17;1-7-4-2-3-5-8-6-9(7)8;;/h3-8,10-12H,9,13H2,1-2H3,(H,26,27);3-5,8-9H,2,6H2,1H3;;1H. The van der Waals surface area contributed by atoms with Gasteiger partial charge in [-0.05, 0) is 104 Å². The van der Waals surface area contributed by atoms with Crippen LogP contribution >= 0.6 is 0 Å². The largest absolute Gasteiger partial charge is 0.348 e.